The van der Waals surface area contributed by atoms with Crippen molar-refractivity contribution in [3.8, 4) is 5.75 Å². The van der Waals surface area contributed by atoms with Crippen molar-refractivity contribution < 1.29 is 4.74 Å². The van der Waals surface area contributed by atoms with Gasteiger partial charge < -0.3 is 15.4 Å². The van der Waals surface area contributed by atoms with E-state index in [0.717, 1.165) is 34.7 Å². The molecule has 5 nitrogen and oxygen atoms in total. The molecular formula is C14H17BrN4O. The van der Waals surface area contributed by atoms with Crippen LogP contribution in [-0.2, 0) is 0 Å². The van der Waals surface area contributed by atoms with E-state index in [0.29, 0.717) is 5.95 Å². The minimum absolute atomic E-state index is 0.617. The molecule has 106 valence electrons. The molecule has 2 N–H and O–H groups in total. The van der Waals surface area contributed by atoms with E-state index in [1.807, 2.05) is 24.3 Å². The van der Waals surface area contributed by atoms with Gasteiger partial charge in [-0.2, -0.15) is 4.98 Å². The maximum Gasteiger partial charge on any atom is 0.224 e. The molecular weight excluding hydrogens is 320 g/mol. The number of anilines is 3. The fourth-order valence-electron chi connectivity index (χ4n) is 1.59. The lowest BCUT2D eigenvalue weighted by atomic mass is 10.3. The second-order valence-electron chi connectivity index (χ2n) is 4.17. The van der Waals surface area contributed by atoms with Gasteiger partial charge in [0.15, 0.2) is 0 Å². The monoisotopic (exact) mass is 336 g/mol. The van der Waals surface area contributed by atoms with Gasteiger partial charge in [0.2, 0.25) is 5.95 Å². The Balaban J connectivity index is 2.14. The number of hydrogen-bond acceptors (Lipinski definition) is 5. The van der Waals surface area contributed by atoms with Crippen LogP contribution in [0, 0.1) is 0 Å². The van der Waals surface area contributed by atoms with Crippen LogP contribution in [0.1, 0.15) is 13.3 Å². The molecule has 6 heteroatoms. The number of rotatable bonds is 6. The van der Waals surface area contributed by atoms with Crippen molar-refractivity contribution >= 4 is 33.4 Å². The first-order valence-electron chi connectivity index (χ1n) is 6.40. The number of aromatic nitrogens is 2. The molecule has 0 aliphatic rings. The Morgan fingerprint density at radius 2 is 2.00 bits per heavy atom. The summed E-state index contributed by atoms with van der Waals surface area (Å²) in [5, 5.41) is 6.41. The molecule has 0 aliphatic heterocycles. The summed E-state index contributed by atoms with van der Waals surface area (Å²) in [5.74, 6) is 2.16. The Hall–Kier alpha value is -1.82. The number of ether oxygens (including phenoxy) is 1. The highest BCUT2D eigenvalue weighted by molar-refractivity contribution is 9.10. The Kier molecular flexibility index (Phi) is 5.17. The molecule has 0 atom stereocenters. The fraction of sp³-hybridized carbons (Fsp3) is 0.286. The lowest BCUT2D eigenvalue weighted by Gasteiger charge is -2.10. The van der Waals surface area contributed by atoms with Crippen LogP contribution in [0.5, 0.6) is 5.75 Å². The van der Waals surface area contributed by atoms with Gasteiger partial charge in [0.1, 0.15) is 11.6 Å². The largest absolute Gasteiger partial charge is 0.497 e. The minimum Gasteiger partial charge on any atom is -0.497 e. The summed E-state index contributed by atoms with van der Waals surface area (Å²) in [5.41, 5.74) is 0.937. The number of methoxy groups -OCH3 is 1. The number of benzene rings is 1. The van der Waals surface area contributed by atoms with Crippen LogP contribution in [0.3, 0.4) is 0 Å². The average Bonchev–Trinajstić information content (AvgIpc) is 2.49. The summed E-state index contributed by atoms with van der Waals surface area (Å²) in [7, 11) is 1.65. The third-order valence-electron chi connectivity index (χ3n) is 2.63. The second kappa shape index (κ2) is 7.09. The quantitative estimate of drug-likeness (QED) is 0.839. The van der Waals surface area contributed by atoms with E-state index >= 15 is 0 Å². The SMILES string of the molecule is CCCNc1ncc(Br)c(Nc2ccc(OC)cc2)n1. The molecule has 0 unspecified atom stereocenters. The van der Waals surface area contributed by atoms with Gasteiger partial charge in [0.05, 0.1) is 11.6 Å². The molecule has 0 saturated carbocycles. The average molecular weight is 337 g/mol. The van der Waals surface area contributed by atoms with Crippen molar-refractivity contribution in [2.24, 2.45) is 0 Å². The highest BCUT2D eigenvalue weighted by Crippen LogP contribution is 2.25. The molecule has 2 aromatic rings. The Morgan fingerprint density at radius 3 is 2.65 bits per heavy atom. The first kappa shape index (κ1) is 14.6. The predicted molar refractivity (Wildman–Crippen MR) is 84.8 cm³/mol. The first-order chi connectivity index (χ1) is 9.72. The molecule has 0 aliphatic carbocycles. The van der Waals surface area contributed by atoms with Crippen molar-refractivity contribution in [3.63, 3.8) is 0 Å². The molecule has 2 rings (SSSR count). The number of nitrogens with one attached hydrogen (secondary N) is 2. The Bertz CT molecular complexity index is 560. The summed E-state index contributed by atoms with van der Waals surface area (Å²) in [6.45, 7) is 2.95. The normalized spacial score (nSPS) is 10.2. The van der Waals surface area contributed by atoms with Gasteiger partial charge in [-0.3, -0.25) is 0 Å². The maximum absolute atomic E-state index is 5.13. The van der Waals surface area contributed by atoms with Gasteiger partial charge in [-0.15, -0.1) is 0 Å². The van der Waals surface area contributed by atoms with Crippen LogP contribution >= 0.6 is 15.9 Å². The summed E-state index contributed by atoms with van der Waals surface area (Å²) in [4.78, 5) is 8.65. The van der Waals surface area contributed by atoms with Crippen molar-refractivity contribution in [3.05, 3.63) is 34.9 Å². The van der Waals surface area contributed by atoms with Crippen molar-refractivity contribution in [1.29, 1.82) is 0 Å². The lowest BCUT2D eigenvalue weighted by Crippen LogP contribution is -2.06. The zero-order valence-electron chi connectivity index (χ0n) is 11.5. The smallest absolute Gasteiger partial charge is 0.224 e. The number of hydrogen-bond donors (Lipinski definition) is 2. The van der Waals surface area contributed by atoms with Crippen LogP contribution < -0.4 is 15.4 Å². The van der Waals surface area contributed by atoms with Gasteiger partial charge in [0, 0.05) is 18.4 Å². The van der Waals surface area contributed by atoms with Crippen LogP contribution in [-0.4, -0.2) is 23.6 Å². The maximum atomic E-state index is 5.13. The van der Waals surface area contributed by atoms with Gasteiger partial charge in [0.25, 0.3) is 0 Å². The highest BCUT2D eigenvalue weighted by Gasteiger charge is 2.05. The van der Waals surface area contributed by atoms with E-state index in [-0.39, 0.29) is 0 Å². The van der Waals surface area contributed by atoms with Gasteiger partial charge in [-0.05, 0) is 46.6 Å². The zero-order valence-corrected chi connectivity index (χ0v) is 13.1. The fourth-order valence-corrected chi connectivity index (χ4v) is 1.88. The summed E-state index contributed by atoms with van der Waals surface area (Å²) < 4.78 is 5.95. The summed E-state index contributed by atoms with van der Waals surface area (Å²) >= 11 is 3.44. The predicted octanol–water partition coefficient (Wildman–Crippen LogP) is 3.81. The van der Waals surface area contributed by atoms with E-state index in [1.165, 1.54) is 0 Å². The number of nitrogens with zero attached hydrogens (tertiary/aromatic N) is 2. The molecule has 0 fully saturated rings. The molecule has 0 amide bonds. The van der Waals surface area contributed by atoms with Crippen LogP contribution in [0.2, 0.25) is 0 Å². The first-order valence-corrected chi connectivity index (χ1v) is 7.19. The topological polar surface area (TPSA) is 59.1 Å². The third-order valence-corrected chi connectivity index (χ3v) is 3.21. The van der Waals surface area contributed by atoms with E-state index in [4.69, 9.17) is 4.74 Å². The number of halogens is 1. The molecule has 20 heavy (non-hydrogen) atoms. The van der Waals surface area contributed by atoms with Gasteiger partial charge in [-0.25, -0.2) is 4.98 Å². The van der Waals surface area contributed by atoms with Crippen LogP contribution in [0.4, 0.5) is 17.5 Å². The minimum atomic E-state index is 0.617. The molecule has 1 aromatic heterocycles. The molecule has 0 saturated heterocycles. The van der Waals surface area contributed by atoms with Crippen LogP contribution in [0.25, 0.3) is 0 Å². The molecule has 1 heterocycles. The van der Waals surface area contributed by atoms with Crippen LogP contribution in [0.15, 0.2) is 34.9 Å². The molecule has 1 aromatic carbocycles. The standard InChI is InChI=1S/C14H17BrN4O/c1-3-8-16-14-17-9-12(15)13(19-14)18-10-4-6-11(20-2)7-5-10/h4-7,9H,3,8H2,1-2H3,(H2,16,17,18,19). The van der Waals surface area contributed by atoms with Crippen molar-refractivity contribution in [1.82, 2.24) is 9.97 Å². The van der Waals surface area contributed by atoms with E-state index < -0.39 is 0 Å². The molecule has 0 radical (unpaired) electrons. The highest BCUT2D eigenvalue weighted by atomic mass is 79.9. The van der Waals surface area contributed by atoms with E-state index in [1.54, 1.807) is 13.3 Å². The van der Waals surface area contributed by atoms with Gasteiger partial charge >= 0.3 is 0 Å². The molecule has 0 bridgehead atoms. The van der Waals surface area contributed by atoms with Crippen molar-refractivity contribution in [2.45, 2.75) is 13.3 Å². The second-order valence-corrected chi connectivity index (χ2v) is 5.02. The summed E-state index contributed by atoms with van der Waals surface area (Å²) in [6, 6.07) is 7.67. The Morgan fingerprint density at radius 1 is 1.25 bits per heavy atom. The molecule has 0 spiro atoms. The van der Waals surface area contributed by atoms with Crippen molar-refractivity contribution in [2.75, 3.05) is 24.3 Å². The van der Waals surface area contributed by atoms with E-state index in [2.05, 4.69) is 43.5 Å². The zero-order chi connectivity index (χ0) is 14.4. The Labute approximate surface area is 126 Å². The summed E-state index contributed by atoms with van der Waals surface area (Å²) in [6.07, 6.45) is 2.76. The lowest BCUT2D eigenvalue weighted by molar-refractivity contribution is 0.415. The van der Waals surface area contributed by atoms with E-state index in [9.17, 15) is 0 Å². The third kappa shape index (κ3) is 3.84. The van der Waals surface area contributed by atoms with Gasteiger partial charge in [-0.1, -0.05) is 6.92 Å².